The predicted octanol–water partition coefficient (Wildman–Crippen LogP) is 0.560. The Morgan fingerprint density at radius 2 is 1.96 bits per heavy atom. The molecule has 2 rings (SSSR count). The fourth-order valence-electron chi connectivity index (χ4n) is 2.47. The monoisotopic (exact) mass is 343 g/mol. The topological polar surface area (TPSA) is 111 Å². The summed E-state index contributed by atoms with van der Waals surface area (Å²) in [5, 5.41) is 0. The van der Waals surface area contributed by atoms with E-state index in [9.17, 15) is 13.2 Å². The summed E-state index contributed by atoms with van der Waals surface area (Å²) in [6.07, 6.45) is -0.400. The number of anilines is 1. The van der Waals surface area contributed by atoms with Crippen LogP contribution in [-0.4, -0.2) is 51.0 Å². The molecule has 0 spiro atoms. The Balaban J connectivity index is 2.29. The summed E-state index contributed by atoms with van der Waals surface area (Å²) >= 11 is 0. The number of nitrogens with two attached hydrogens (primary N) is 1. The maximum Gasteiger partial charge on any atom is 0.301 e. The van der Waals surface area contributed by atoms with E-state index in [4.69, 9.17) is 15.2 Å². The summed E-state index contributed by atoms with van der Waals surface area (Å²) in [6.45, 7) is 4.12. The normalized spacial score (nSPS) is 22.6. The SMILES string of the molecule is COc1ccc(C(N)=O)cc1NS(=O)(=O)N1C[C@H](C)O[C@@H](C)C1. The van der Waals surface area contributed by atoms with Crippen LogP contribution < -0.4 is 15.2 Å². The summed E-state index contributed by atoms with van der Waals surface area (Å²) in [5.74, 6) is -0.352. The van der Waals surface area contributed by atoms with Crippen LogP contribution >= 0.6 is 0 Å². The molecular weight excluding hydrogens is 322 g/mol. The number of primary amides is 1. The number of amides is 1. The number of nitrogens with zero attached hydrogens (tertiary/aromatic N) is 1. The van der Waals surface area contributed by atoms with Crippen LogP contribution in [0.15, 0.2) is 18.2 Å². The number of morpholine rings is 1. The molecule has 1 aliphatic rings. The molecule has 1 aliphatic heterocycles. The lowest BCUT2D eigenvalue weighted by molar-refractivity contribution is -0.0439. The number of hydrogen-bond acceptors (Lipinski definition) is 5. The third-order valence-electron chi connectivity index (χ3n) is 3.45. The molecule has 1 saturated heterocycles. The van der Waals surface area contributed by atoms with Crippen LogP contribution in [-0.2, 0) is 14.9 Å². The van der Waals surface area contributed by atoms with Gasteiger partial charge in [0.25, 0.3) is 0 Å². The van der Waals surface area contributed by atoms with Gasteiger partial charge < -0.3 is 15.2 Å². The van der Waals surface area contributed by atoms with E-state index in [1.807, 2.05) is 13.8 Å². The maximum atomic E-state index is 12.6. The Labute approximate surface area is 135 Å². The van der Waals surface area contributed by atoms with E-state index in [1.54, 1.807) is 0 Å². The lowest BCUT2D eigenvalue weighted by Gasteiger charge is -2.34. The second-order valence-corrected chi connectivity index (χ2v) is 7.13. The van der Waals surface area contributed by atoms with Gasteiger partial charge in [0, 0.05) is 18.7 Å². The van der Waals surface area contributed by atoms with Crippen molar-refractivity contribution in [3.63, 3.8) is 0 Å². The lowest BCUT2D eigenvalue weighted by atomic mass is 10.2. The molecule has 1 aromatic rings. The summed E-state index contributed by atoms with van der Waals surface area (Å²) in [6, 6.07) is 4.31. The van der Waals surface area contributed by atoms with Gasteiger partial charge in [0.2, 0.25) is 5.91 Å². The van der Waals surface area contributed by atoms with Crippen molar-refractivity contribution in [3.05, 3.63) is 23.8 Å². The number of ether oxygens (including phenoxy) is 2. The van der Waals surface area contributed by atoms with Crippen LogP contribution in [0, 0.1) is 0 Å². The van der Waals surface area contributed by atoms with Crippen molar-refractivity contribution >= 4 is 21.8 Å². The van der Waals surface area contributed by atoms with E-state index in [2.05, 4.69) is 4.72 Å². The van der Waals surface area contributed by atoms with Gasteiger partial charge in [-0.25, -0.2) is 0 Å². The Kier molecular flexibility index (Phi) is 5.12. The van der Waals surface area contributed by atoms with Crippen molar-refractivity contribution in [1.82, 2.24) is 4.31 Å². The first-order chi connectivity index (χ1) is 10.7. The summed E-state index contributed by atoms with van der Waals surface area (Å²) < 4.78 is 39.6. The molecule has 0 radical (unpaired) electrons. The Hall–Kier alpha value is -1.84. The minimum absolute atomic E-state index is 0.163. The number of carbonyl (C=O) groups is 1. The average molecular weight is 343 g/mol. The summed E-state index contributed by atoms with van der Waals surface area (Å²) in [5.41, 5.74) is 5.58. The van der Waals surface area contributed by atoms with Crippen molar-refractivity contribution in [3.8, 4) is 5.75 Å². The highest BCUT2D eigenvalue weighted by Gasteiger charge is 2.31. The number of nitrogens with one attached hydrogen (secondary N) is 1. The molecule has 1 amide bonds. The van der Waals surface area contributed by atoms with Crippen molar-refractivity contribution in [1.29, 1.82) is 0 Å². The minimum atomic E-state index is -3.81. The first-order valence-electron chi connectivity index (χ1n) is 7.14. The zero-order valence-electron chi connectivity index (χ0n) is 13.3. The molecule has 1 fully saturated rings. The van der Waals surface area contributed by atoms with Crippen LogP contribution in [0.1, 0.15) is 24.2 Å². The summed E-state index contributed by atoms with van der Waals surface area (Å²) in [7, 11) is -2.39. The largest absolute Gasteiger partial charge is 0.495 e. The first-order valence-corrected chi connectivity index (χ1v) is 8.58. The first kappa shape index (κ1) is 17.5. The number of rotatable bonds is 5. The Morgan fingerprint density at radius 1 is 1.35 bits per heavy atom. The van der Waals surface area contributed by atoms with Gasteiger partial charge in [-0.3, -0.25) is 9.52 Å². The number of hydrogen-bond donors (Lipinski definition) is 2. The van der Waals surface area contributed by atoms with E-state index in [0.29, 0.717) is 5.75 Å². The zero-order valence-corrected chi connectivity index (χ0v) is 14.1. The lowest BCUT2D eigenvalue weighted by Crippen LogP contribution is -2.49. The molecule has 23 heavy (non-hydrogen) atoms. The van der Waals surface area contributed by atoms with Crippen molar-refractivity contribution in [2.45, 2.75) is 26.1 Å². The molecule has 0 bridgehead atoms. The van der Waals surface area contributed by atoms with E-state index in [-0.39, 0.29) is 36.5 Å². The molecular formula is C14H21N3O5S. The predicted molar refractivity (Wildman–Crippen MR) is 85.6 cm³/mol. The van der Waals surface area contributed by atoms with E-state index in [0.717, 1.165) is 0 Å². The van der Waals surface area contributed by atoms with Crippen molar-refractivity contribution in [2.75, 3.05) is 24.9 Å². The van der Waals surface area contributed by atoms with Crippen LogP contribution in [0.5, 0.6) is 5.75 Å². The molecule has 3 N–H and O–H groups in total. The van der Waals surface area contributed by atoms with Gasteiger partial charge in [0.15, 0.2) is 0 Å². The second-order valence-electron chi connectivity index (χ2n) is 5.46. The van der Waals surface area contributed by atoms with Crippen molar-refractivity contribution < 1.29 is 22.7 Å². The van der Waals surface area contributed by atoms with E-state index < -0.39 is 16.1 Å². The van der Waals surface area contributed by atoms with Gasteiger partial charge in [0.05, 0.1) is 25.0 Å². The highest BCUT2D eigenvalue weighted by molar-refractivity contribution is 7.90. The fraction of sp³-hybridized carbons (Fsp3) is 0.500. The fourth-order valence-corrected chi connectivity index (χ4v) is 3.85. The molecule has 0 aromatic heterocycles. The van der Waals surface area contributed by atoms with Crippen molar-refractivity contribution in [2.24, 2.45) is 5.73 Å². The Bertz CT molecular complexity index is 682. The molecule has 2 atom stereocenters. The van der Waals surface area contributed by atoms with Gasteiger partial charge in [-0.2, -0.15) is 12.7 Å². The van der Waals surface area contributed by atoms with Gasteiger partial charge in [0.1, 0.15) is 5.75 Å². The van der Waals surface area contributed by atoms with Gasteiger partial charge in [-0.15, -0.1) is 0 Å². The Morgan fingerprint density at radius 3 is 2.48 bits per heavy atom. The molecule has 1 aromatic carbocycles. The highest BCUT2D eigenvalue weighted by atomic mass is 32.2. The van der Waals surface area contributed by atoms with Crippen LogP contribution in [0.3, 0.4) is 0 Å². The molecule has 1 heterocycles. The number of benzene rings is 1. The molecule has 8 nitrogen and oxygen atoms in total. The van der Waals surface area contributed by atoms with Gasteiger partial charge in [-0.1, -0.05) is 0 Å². The molecule has 128 valence electrons. The molecule has 0 aliphatic carbocycles. The third kappa shape index (κ3) is 4.12. The van der Waals surface area contributed by atoms with E-state index in [1.165, 1.54) is 29.6 Å². The maximum absolute atomic E-state index is 12.6. The molecule has 0 saturated carbocycles. The zero-order chi connectivity index (χ0) is 17.2. The van der Waals surface area contributed by atoms with Gasteiger partial charge >= 0.3 is 10.2 Å². The summed E-state index contributed by atoms with van der Waals surface area (Å²) in [4.78, 5) is 11.3. The third-order valence-corrected chi connectivity index (χ3v) is 4.90. The number of methoxy groups -OCH3 is 1. The quantitative estimate of drug-likeness (QED) is 0.811. The second kappa shape index (κ2) is 6.73. The standard InChI is InChI=1S/C14H21N3O5S/c1-9-7-17(8-10(2)22-9)23(19,20)16-12-6-11(14(15)18)4-5-13(12)21-3/h4-6,9-10,16H,7-8H2,1-3H3,(H2,15,18)/t9-,10-/m0/s1. The average Bonchev–Trinajstić information content (AvgIpc) is 2.45. The van der Waals surface area contributed by atoms with Gasteiger partial charge in [-0.05, 0) is 32.0 Å². The smallest absolute Gasteiger partial charge is 0.301 e. The minimum Gasteiger partial charge on any atom is -0.495 e. The van der Waals surface area contributed by atoms with E-state index >= 15 is 0 Å². The van der Waals surface area contributed by atoms with Crippen LogP contribution in [0.2, 0.25) is 0 Å². The molecule has 9 heteroatoms. The van der Waals surface area contributed by atoms with Crippen LogP contribution in [0.4, 0.5) is 5.69 Å². The number of carbonyl (C=O) groups excluding carboxylic acids is 1. The highest BCUT2D eigenvalue weighted by Crippen LogP contribution is 2.27. The molecule has 0 unspecified atom stereocenters. The van der Waals surface area contributed by atoms with Crippen LogP contribution in [0.25, 0.3) is 0 Å².